The van der Waals surface area contributed by atoms with Gasteiger partial charge in [-0.1, -0.05) is 18.7 Å². The summed E-state index contributed by atoms with van der Waals surface area (Å²) in [6.07, 6.45) is 7.01. The average Bonchev–Trinajstić information content (AvgIpc) is 2.76. The fraction of sp³-hybridized carbons (Fsp3) is 0.733. The molecule has 2 N–H and O–H groups in total. The Balaban J connectivity index is 1.87. The lowest BCUT2D eigenvalue weighted by Gasteiger charge is -2.38. The number of aromatic nitrogens is 2. The zero-order valence-electron chi connectivity index (χ0n) is 12.7. The van der Waals surface area contributed by atoms with Gasteiger partial charge in [-0.25, -0.2) is 9.97 Å². The molecule has 0 saturated carbocycles. The largest absolute Gasteiger partial charge is 0.393 e. The summed E-state index contributed by atoms with van der Waals surface area (Å²) in [4.78, 5) is 11.7. The van der Waals surface area contributed by atoms with Gasteiger partial charge in [0, 0.05) is 24.7 Å². The molecule has 2 atom stereocenters. The fourth-order valence-electron chi connectivity index (χ4n) is 3.50. The van der Waals surface area contributed by atoms with E-state index < -0.39 is 0 Å². The highest BCUT2D eigenvalue weighted by Gasteiger charge is 2.41. The Hall–Kier alpha value is -1.01. The second kappa shape index (κ2) is 6.40. The lowest BCUT2D eigenvalue weighted by molar-refractivity contribution is 0.126. The molecule has 2 bridgehead atoms. The third-order valence-electron chi connectivity index (χ3n) is 4.40. The van der Waals surface area contributed by atoms with E-state index in [1.54, 1.807) is 11.8 Å². The first-order valence-corrected chi connectivity index (χ1v) is 9.07. The van der Waals surface area contributed by atoms with Crippen LogP contribution in [0.2, 0.25) is 0 Å². The molecule has 2 aliphatic rings. The zero-order valence-corrected chi connectivity index (χ0v) is 13.6. The molecule has 0 spiro atoms. The van der Waals surface area contributed by atoms with Gasteiger partial charge in [-0.05, 0) is 38.4 Å². The van der Waals surface area contributed by atoms with Crippen LogP contribution in [-0.4, -0.2) is 46.1 Å². The van der Waals surface area contributed by atoms with Crippen LogP contribution in [0.3, 0.4) is 0 Å². The number of nitrogens with zero attached hydrogens (tertiary/aromatic N) is 3. The van der Waals surface area contributed by atoms with Crippen molar-refractivity contribution in [3.63, 3.8) is 0 Å². The van der Waals surface area contributed by atoms with Crippen LogP contribution < -0.4 is 10.2 Å². The first-order valence-electron chi connectivity index (χ1n) is 7.84. The number of hydrogen-bond donors (Lipinski definition) is 2. The van der Waals surface area contributed by atoms with Crippen molar-refractivity contribution in [3.8, 4) is 0 Å². The topological polar surface area (TPSA) is 61.3 Å². The zero-order chi connectivity index (χ0) is 14.8. The quantitative estimate of drug-likeness (QED) is 0.644. The second-order valence-corrected chi connectivity index (χ2v) is 6.72. The van der Waals surface area contributed by atoms with Gasteiger partial charge >= 0.3 is 0 Å². The number of fused-ring (bicyclic) bond motifs is 2. The Morgan fingerprint density at radius 3 is 2.67 bits per heavy atom. The molecule has 3 heterocycles. The third-order valence-corrected chi connectivity index (χ3v) is 4.95. The van der Waals surface area contributed by atoms with E-state index in [0.29, 0.717) is 12.1 Å². The molecule has 6 heteroatoms. The molecule has 0 amide bonds. The maximum atomic E-state index is 9.95. The minimum Gasteiger partial charge on any atom is -0.393 e. The SMILES string of the molecule is CCCNc1cc(N2C3CCC2CC(O)C3)nc(SC)n1. The highest BCUT2D eigenvalue weighted by molar-refractivity contribution is 7.98. The van der Waals surface area contributed by atoms with E-state index in [1.807, 2.05) is 6.26 Å². The monoisotopic (exact) mass is 308 g/mol. The molecule has 2 fully saturated rings. The summed E-state index contributed by atoms with van der Waals surface area (Å²) in [5.74, 6) is 1.93. The normalized spacial score (nSPS) is 28.0. The standard InChI is InChI=1S/C15H24N4OS/c1-3-6-16-13-9-14(18-15(17-13)21-2)19-10-4-5-11(19)8-12(20)7-10/h9-12,20H,3-8H2,1-2H3,(H,16,17,18). The van der Waals surface area contributed by atoms with Gasteiger partial charge in [0.1, 0.15) is 11.6 Å². The van der Waals surface area contributed by atoms with Crippen molar-refractivity contribution in [2.75, 3.05) is 23.0 Å². The molecule has 2 aliphatic heterocycles. The van der Waals surface area contributed by atoms with E-state index in [4.69, 9.17) is 4.98 Å². The van der Waals surface area contributed by atoms with Gasteiger partial charge in [-0.15, -0.1) is 0 Å². The maximum absolute atomic E-state index is 9.95. The lowest BCUT2D eigenvalue weighted by atomic mass is 10.00. The van der Waals surface area contributed by atoms with Gasteiger partial charge in [0.2, 0.25) is 0 Å². The first-order chi connectivity index (χ1) is 10.2. The molecule has 2 saturated heterocycles. The molecular weight excluding hydrogens is 284 g/mol. The molecule has 0 aliphatic carbocycles. The Morgan fingerprint density at radius 1 is 1.33 bits per heavy atom. The lowest BCUT2D eigenvalue weighted by Crippen LogP contribution is -2.45. The van der Waals surface area contributed by atoms with Crippen LogP contribution in [0.4, 0.5) is 11.6 Å². The summed E-state index contributed by atoms with van der Waals surface area (Å²) >= 11 is 1.58. The predicted molar refractivity (Wildman–Crippen MR) is 87.1 cm³/mol. The van der Waals surface area contributed by atoms with Crippen LogP contribution >= 0.6 is 11.8 Å². The average molecular weight is 308 g/mol. The number of rotatable bonds is 5. The van der Waals surface area contributed by atoms with Crippen LogP contribution in [0.15, 0.2) is 11.2 Å². The summed E-state index contributed by atoms with van der Waals surface area (Å²) in [5.41, 5.74) is 0. The third kappa shape index (κ3) is 3.11. The van der Waals surface area contributed by atoms with Crippen LogP contribution in [0.25, 0.3) is 0 Å². The van der Waals surface area contributed by atoms with E-state index in [-0.39, 0.29) is 6.10 Å². The van der Waals surface area contributed by atoms with Gasteiger partial charge in [0.15, 0.2) is 5.16 Å². The molecule has 2 unspecified atom stereocenters. The number of thioether (sulfide) groups is 1. The van der Waals surface area contributed by atoms with E-state index in [0.717, 1.165) is 55.4 Å². The summed E-state index contributed by atoms with van der Waals surface area (Å²) in [6.45, 7) is 3.08. The highest BCUT2D eigenvalue weighted by Crippen LogP contribution is 2.39. The van der Waals surface area contributed by atoms with Crippen molar-refractivity contribution in [1.29, 1.82) is 0 Å². The number of aliphatic hydroxyl groups is 1. The van der Waals surface area contributed by atoms with E-state index in [1.165, 1.54) is 0 Å². The highest BCUT2D eigenvalue weighted by atomic mass is 32.2. The van der Waals surface area contributed by atoms with Crippen molar-refractivity contribution < 1.29 is 5.11 Å². The Kier molecular flexibility index (Phi) is 4.54. The van der Waals surface area contributed by atoms with Crippen molar-refractivity contribution in [2.24, 2.45) is 0 Å². The van der Waals surface area contributed by atoms with E-state index in [9.17, 15) is 5.11 Å². The molecule has 0 aromatic carbocycles. The molecular formula is C15H24N4OS. The minimum absolute atomic E-state index is 0.140. The Bertz CT molecular complexity index is 485. The van der Waals surface area contributed by atoms with Crippen molar-refractivity contribution in [3.05, 3.63) is 6.07 Å². The van der Waals surface area contributed by atoms with Crippen molar-refractivity contribution in [1.82, 2.24) is 9.97 Å². The van der Waals surface area contributed by atoms with Gasteiger partial charge in [0.05, 0.1) is 6.10 Å². The number of nitrogens with one attached hydrogen (secondary N) is 1. The summed E-state index contributed by atoms with van der Waals surface area (Å²) in [7, 11) is 0. The molecule has 3 rings (SSSR count). The molecule has 5 nitrogen and oxygen atoms in total. The molecule has 1 aromatic heterocycles. The van der Waals surface area contributed by atoms with E-state index in [2.05, 4.69) is 28.2 Å². The predicted octanol–water partition coefficient (Wildman–Crippen LogP) is 2.51. The van der Waals surface area contributed by atoms with Crippen molar-refractivity contribution >= 4 is 23.4 Å². The number of hydrogen-bond acceptors (Lipinski definition) is 6. The first kappa shape index (κ1) is 14.9. The summed E-state index contributed by atoms with van der Waals surface area (Å²) < 4.78 is 0. The van der Waals surface area contributed by atoms with Gasteiger partial charge < -0.3 is 15.3 Å². The Labute approximate surface area is 130 Å². The van der Waals surface area contributed by atoms with Crippen LogP contribution in [0.1, 0.15) is 39.0 Å². The molecule has 0 radical (unpaired) electrons. The number of anilines is 2. The molecule has 1 aromatic rings. The molecule has 21 heavy (non-hydrogen) atoms. The van der Waals surface area contributed by atoms with Gasteiger partial charge in [-0.3, -0.25) is 0 Å². The van der Waals surface area contributed by atoms with Crippen LogP contribution in [0, 0.1) is 0 Å². The summed E-state index contributed by atoms with van der Waals surface area (Å²) in [6, 6.07) is 2.93. The van der Waals surface area contributed by atoms with Gasteiger partial charge in [0.25, 0.3) is 0 Å². The fourth-order valence-corrected chi connectivity index (χ4v) is 3.88. The number of piperidine rings is 1. The smallest absolute Gasteiger partial charge is 0.191 e. The van der Waals surface area contributed by atoms with Gasteiger partial charge in [-0.2, -0.15) is 0 Å². The maximum Gasteiger partial charge on any atom is 0.191 e. The van der Waals surface area contributed by atoms with E-state index >= 15 is 0 Å². The Morgan fingerprint density at radius 2 is 2.05 bits per heavy atom. The summed E-state index contributed by atoms with van der Waals surface area (Å²) in [5, 5.41) is 14.1. The van der Waals surface area contributed by atoms with Crippen LogP contribution in [-0.2, 0) is 0 Å². The van der Waals surface area contributed by atoms with Crippen LogP contribution in [0.5, 0.6) is 0 Å². The molecule has 116 valence electrons. The van der Waals surface area contributed by atoms with Crippen molar-refractivity contribution in [2.45, 2.75) is 62.4 Å². The minimum atomic E-state index is -0.140. The number of aliphatic hydroxyl groups excluding tert-OH is 1. The second-order valence-electron chi connectivity index (χ2n) is 5.94.